The van der Waals surface area contributed by atoms with Gasteiger partial charge in [-0.1, -0.05) is 12.8 Å². The summed E-state index contributed by atoms with van der Waals surface area (Å²) in [5.74, 6) is 0.0708. The monoisotopic (exact) mass is 298 g/mol. The maximum Gasteiger partial charge on any atom is 0.246 e. The smallest absolute Gasteiger partial charge is 0.246 e. The van der Waals surface area contributed by atoms with Gasteiger partial charge in [-0.15, -0.1) is 0 Å². The van der Waals surface area contributed by atoms with Gasteiger partial charge >= 0.3 is 0 Å². The number of hydrogen-bond donors (Lipinski definition) is 1. The Bertz CT molecular complexity index is 573. The molecule has 2 fully saturated rings. The third-order valence-corrected chi connectivity index (χ3v) is 5.81. The highest BCUT2D eigenvalue weighted by Gasteiger charge is 2.41. The molecule has 2 atom stereocenters. The van der Waals surface area contributed by atoms with Crippen LogP contribution in [0.3, 0.4) is 0 Å². The zero-order valence-electron chi connectivity index (χ0n) is 11.1. The van der Waals surface area contributed by atoms with Crippen molar-refractivity contribution in [2.75, 3.05) is 18.9 Å². The minimum atomic E-state index is -3.58. The van der Waals surface area contributed by atoms with Gasteiger partial charge in [0, 0.05) is 6.54 Å². The number of morpholine rings is 1. The number of hydrogen-bond acceptors (Lipinski definition) is 6. The van der Waals surface area contributed by atoms with Crippen LogP contribution in [-0.2, 0) is 14.8 Å². The lowest BCUT2D eigenvalue weighted by molar-refractivity contribution is -0.0586. The molecule has 2 aliphatic rings. The molecule has 3 rings (SSSR count). The minimum Gasteiger partial charge on any atom is -0.375 e. The molecule has 2 unspecified atom stereocenters. The third-order valence-electron chi connectivity index (χ3n) is 3.94. The first-order valence-electron chi connectivity index (χ1n) is 6.80. The predicted molar refractivity (Wildman–Crippen MR) is 72.3 cm³/mol. The standard InChI is InChI=1S/C12H18N4O3S/c13-12-14-7-9(8-15-12)20(17,18)16-5-6-19-11-4-2-1-3-10(11)16/h7-8,10-11H,1-6H2,(H2,13,14,15). The number of nitrogens with zero attached hydrogens (tertiary/aromatic N) is 3. The van der Waals surface area contributed by atoms with E-state index < -0.39 is 10.0 Å². The molecule has 2 N–H and O–H groups in total. The van der Waals surface area contributed by atoms with Crippen LogP contribution < -0.4 is 5.73 Å². The summed E-state index contributed by atoms with van der Waals surface area (Å²) in [4.78, 5) is 7.64. The number of aromatic nitrogens is 2. The Hall–Kier alpha value is -1.25. The van der Waals surface area contributed by atoms with E-state index in [0.29, 0.717) is 13.2 Å². The molecule has 1 aliphatic heterocycles. The normalized spacial score (nSPS) is 28.0. The molecule has 1 saturated heterocycles. The molecule has 1 saturated carbocycles. The molecule has 8 heteroatoms. The van der Waals surface area contributed by atoms with Gasteiger partial charge in [-0.25, -0.2) is 18.4 Å². The molecule has 1 aromatic heterocycles. The van der Waals surface area contributed by atoms with Crippen molar-refractivity contribution in [2.24, 2.45) is 0 Å². The fraction of sp³-hybridized carbons (Fsp3) is 0.667. The van der Waals surface area contributed by atoms with E-state index in [9.17, 15) is 8.42 Å². The van der Waals surface area contributed by atoms with E-state index in [4.69, 9.17) is 10.5 Å². The van der Waals surface area contributed by atoms with E-state index in [1.165, 1.54) is 12.4 Å². The van der Waals surface area contributed by atoms with E-state index >= 15 is 0 Å². The second kappa shape index (κ2) is 5.27. The molecule has 0 aromatic carbocycles. The van der Waals surface area contributed by atoms with Gasteiger partial charge in [0.05, 0.1) is 31.1 Å². The van der Waals surface area contributed by atoms with E-state index in [0.717, 1.165) is 25.7 Å². The summed E-state index contributed by atoms with van der Waals surface area (Å²) >= 11 is 0. The average molecular weight is 298 g/mol. The van der Waals surface area contributed by atoms with Crippen LogP contribution in [0.4, 0.5) is 5.95 Å². The lowest BCUT2D eigenvalue weighted by Crippen LogP contribution is -2.54. The van der Waals surface area contributed by atoms with Gasteiger partial charge in [-0.05, 0) is 12.8 Å². The molecule has 7 nitrogen and oxygen atoms in total. The van der Waals surface area contributed by atoms with Gasteiger partial charge in [-0.3, -0.25) is 0 Å². The van der Waals surface area contributed by atoms with Crippen LogP contribution in [0.1, 0.15) is 25.7 Å². The Morgan fingerprint density at radius 3 is 2.70 bits per heavy atom. The van der Waals surface area contributed by atoms with Crippen LogP contribution in [-0.4, -0.2) is 48.0 Å². The fourth-order valence-electron chi connectivity index (χ4n) is 2.95. The van der Waals surface area contributed by atoms with Crippen molar-refractivity contribution in [1.29, 1.82) is 0 Å². The van der Waals surface area contributed by atoms with Crippen LogP contribution >= 0.6 is 0 Å². The number of rotatable bonds is 2. The Labute approximate surface area is 118 Å². The molecule has 0 radical (unpaired) electrons. The van der Waals surface area contributed by atoms with Gasteiger partial charge in [0.15, 0.2) is 0 Å². The quantitative estimate of drug-likeness (QED) is 0.848. The van der Waals surface area contributed by atoms with Crippen molar-refractivity contribution < 1.29 is 13.2 Å². The lowest BCUT2D eigenvalue weighted by atomic mass is 9.91. The number of fused-ring (bicyclic) bond motifs is 1. The largest absolute Gasteiger partial charge is 0.375 e. The topological polar surface area (TPSA) is 98.4 Å². The second-order valence-corrected chi connectivity index (χ2v) is 7.04. The van der Waals surface area contributed by atoms with Crippen LogP contribution in [0, 0.1) is 0 Å². The first-order chi connectivity index (χ1) is 9.59. The molecular weight excluding hydrogens is 280 g/mol. The number of nitrogens with two attached hydrogens (primary N) is 1. The molecule has 1 aromatic rings. The first kappa shape index (κ1) is 13.7. The highest BCUT2D eigenvalue weighted by molar-refractivity contribution is 7.89. The van der Waals surface area contributed by atoms with Crippen molar-refractivity contribution in [3.63, 3.8) is 0 Å². The maximum absolute atomic E-state index is 12.7. The molecule has 0 bridgehead atoms. The molecule has 20 heavy (non-hydrogen) atoms. The molecule has 110 valence electrons. The Morgan fingerprint density at radius 1 is 1.25 bits per heavy atom. The summed E-state index contributed by atoms with van der Waals surface area (Å²) in [5, 5.41) is 0. The van der Waals surface area contributed by atoms with Crippen molar-refractivity contribution in [3.8, 4) is 0 Å². The van der Waals surface area contributed by atoms with E-state index in [1.807, 2.05) is 0 Å². The third kappa shape index (κ3) is 2.38. The van der Waals surface area contributed by atoms with E-state index in [1.54, 1.807) is 4.31 Å². The van der Waals surface area contributed by atoms with Crippen LogP contribution in [0.15, 0.2) is 17.3 Å². The lowest BCUT2D eigenvalue weighted by Gasteiger charge is -2.42. The maximum atomic E-state index is 12.7. The minimum absolute atomic E-state index is 0.0157. The second-order valence-electron chi connectivity index (χ2n) is 5.15. The SMILES string of the molecule is Nc1ncc(S(=O)(=O)N2CCOC3CCCCC32)cn1. The zero-order valence-corrected chi connectivity index (χ0v) is 11.9. The zero-order chi connectivity index (χ0) is 14.2. The van der Waals surface area contributed by atoms with Crippen LogP contribution in [0.5, 0.6) is 0 Å². The van der Waals surface area contributed by atoms with Gasteiger partial charge in [0.1, 0.15) is 4.90 Å². The Balaban J connectivity index is 1.91. The summed E-state index contributed by atoms with van der Waals surface area (Å²) in [6.07, 6.45) is 6.46. The molecule has 0 spiro atoms. The fourth-order valence-corrected chi connectivity index (χ4v) is 4.51. The van der Waals surface area contributed by atoms with E-state index in [2.05, 4.69) is 9.97 Å². The highest BCUT2D eigenvalue weighted by atomic mass is 32.2. The van der Waals surface area contributed by atoms with Crippen molar-refractivity contribution in [1.82, 2.24) is 14.3 Å². The first-order valence-corrected chi connectivity index (χ1v) is 8.24. The van der Waals surface area contributed by atoms with Gasteiger partial charge in [0.2, 0.25) is 16.0 Å². The summed E-state index contributed by atoms with van der Waals surface area (Å²) in [7, 11) is -3.58. The number of sulfonamides is 1. The molecule has 2 heterocycles. The predicted octanol–water partition coefficient (Wildman–Crippen LogP) is 0.391. The van der Waals surface area contributed by atoms with Gasteiger partial charge in [0.25, 0.3) is 0 Å². The molecule has 0 amide bonds. The summed E-state index contributed by atoms with van der Waals surface area (Å²) < 4.78 is 32.7. The summed E-state index contributed by atoms with van der Waals surface area (Å²) in [6, 6.07) is -0.0694. The molecule has 1 aliphatic carbocycles. The average Bonchev–Trinajstić information content (AvgIpc) is 2.47. The van der Waals surface area contributed by atoms with Crippen molar-refractivity contribution in [3.05, 3.63) is 12.4 Å². The summed E-state index contributed by atoms with van der Waals surface area (Å²) in [5.41, 5.74) is 5.40. The van der Waals surface area contributed by atoms with Crippen LogP contribution in [0.2, 0.25) is 0 Å². The number of nitrogen functional groups attached to an aromatic ring is 1. The van der Waals surface area contributed by atoms with Gasteiger partial charge < -0.3 is 10.5 Å². The molecular formula is C12H18N4O3S. The Morgan fingerprint density at radius 2 is 1.95 bits per heavy atom. The number of anilines is 1. The Kier molecular flexibility index (Phi) is 3.61. The number of ether oxygens (including phenoxy) is 1. The van der Waals surface area contributed by atoms with E-state index in [-0.39, 0.29) is 23.0 Å². The van der Waals surface area contributed by atoms with Crippen LogP contribution in [0.25, 0.3) is 0 Å². The highest BCUT2D eigenvalue weighted by Crippen LogP contribution is 2.31. The van der Waals surface area contributed by atoms with Crippen molar-refractivity contribution >= 4 is 16.0 Å². The van der Waals surface area contributed by atoms with Gasteiger partial charge in [-0.2, -0.15) is 4.31 Å². The van der Waals surface area contributed by atoms with Crippen molar-refractivity contribution in [2.45, 2.75) is 42.7 Å². The summed E-state index contributed by atoms with van der Waals surface area (Å²) in [6.45, 7) is 0.824.